The maximum atomic E-state index is 11.2. The molecule has 2 rings (SSSR count). The van der Waals surface area contributed by atoms with E-state index in [1.54, 1.807) is 4.68 Å². The molecule has 1 aliphatic rings. The molecule has 17 heavy (non-hydrogen) atoms. The van der Waals surface area contributed by atoms with Crippen LogP contribution in [-0.2, 0) is 18.4 Å². The first-order valence-corrected chi connectivity index (χ1v) is 5.95. The average molecular weight is 237 g/mol. The van der Waals surface area contributed by atoms with Gasteiger partial charge in [-0.1, -0.05) is 6.92 Å². The lowest BCUT2D eigenvalue weighted by Gasteiger charge is -2.22. The highest BCUT2D eigenvalue weighted by Gasteiger charge is 2.36. The number of rotatable bonds is 3. The third kappa shape index (κ3) is 2.34. The van der Waals surface area contributed by atoms with Crippen LogP contribution in [0.25, 0.3) is 0 Å². The van der Waals surface area contributed by atoms with Gasteiger partial charge >= 0.3 is 5.97 Å². The fourth-order valence-corrected chi connectivity index (χ4v) is 2.63. The number of carboxylic acid groups (broad SMARTS) is 1. The summed E-state index contributed by atoms with van der Waals surface area (Å²) in [7, 11) is 1.89. The second-order valence-electron chi connectivity index (χ2n) is 4.93. The molecule has 2 atom stereocenters. The highest BCUT2D eigenvalue weighted by atomic mass is 16.4. The summed E-state index contributed by atoms with van der Waals surface area (Å²) in [6.07, 6.45) is 2.92. The van der Waals surface area contributed by atoms with Crippen LogP contribution in [0.2, 0.25) is 0 Å². The van der Waals surface area contributed by atoms with Gasteiger partial charge in [0.05, 0.1) is 5.69 Å². The summed E-state index contributed by atoms with van der Waals surface area (Å²) in [4.78, 5) is 13.3. The van der Waals surface area contributed by atoms with Gasteiger partial charge in [0, 0.05) is 25.4 Å². The summed E-state index contributed by atoms with van der Waals surface area (Å²) < 4.78 is 1.78. The zero-order chi connectivity index (χ0) is 12.6. The van der Waals surface area contributed by atoms with Crippen LogP contribution in [0.4, 0.5) is 0 Å². The number of aryl methyl sites for hydroxylation is 2. The molecule has 2 unspecified atom stereocenters. The second kappa shape index (κ2) is 4.49. The molecule has 0 spiro atoms. The molecule has 0 amide bonds. The van der Waals surface area contributed by atoms with E-state index in [1.165, 1.54) is 0 Å². The Kier molecular flexibility index (Phi) is 3.19. The number of hydrogen-bond donors (Lipinski definition) is 1. The molecule has 5 nitrogen and oxygen atoms in total. The van der Waals surface area contributed by atoms with E-state index in [-0.39, 0.29) is 12.0 Å². The molecule has 0 aliphatic carbocycles. The van der Waals surface area contributed by atoms with Crippen molar-refractivity contribution in [3.8, 4) is 0 Å². The molecule has 1 saturated heterocycles. The van der Waals surface area contributed by atoms with Gasteiger partial charge in [-0.25, -0.2) is 0 Å². The van der Waals surface area contributed by atoms with Crippen LogP contribution in [0.5, 0.6) is 0 Å². The summed E-state index contributed by atoms with van der Waals surface area (Å²) in [5, 5.41) is 13.5. The van der Waals surface area contributed by atoms with Crippen molar-refractivity contribution >= 4 is 5.97 Å². The molecule has 0 aromatic carbocycles. The normalized spacial score (nSPS) is 25.4. The van der Waals surface area contributed by atoms with Gasteiger partial charge in [-0.05, 0) is 25.8 Å². The lowest BCUT2D eigenvalue weighted by Crippen LogP contribution is -2.38. The average Bonchev–Trinajstić information content (AvgIpc) is 2.71. The van der Waals surface area contributed by atoms with Gasteiger partial charge in [0.25, 0.3) is 0 Å². The predicted octanol–water partition coefficient (Wildman–Crippen LogP) is 1.02. The van der Waals surface area contributed by atoms with E-state index in [4.69, 9.17) is 0 Å². The largest absolute Gasteiger partial charge is 0.480 e. The van der Waals surface area contributed by atoms with Crippen LogP contribution in [0, 0.1) is 12.8 Å². The fraction of sp³-hybridized carbons (Fsp3) is 0.667. The Bertz CT molecular complexity index is 427. The molecule has 5 heteroatoms. The van der Waals surface area contributed by atoms with Gasteiger partial charge in [-0.15, -0.1) is 0 Å². The molecule has 1 aromatic heterocycles. The molecule has 1 fully saturated rings. The van der Waals surface area contributed by atoms with Crippen molar-refractivity contribution in [2.24, 2.45) is 13.0 Å². The molecular weight excluding hydrogens is 218 g/mol. The maximum absolute atomic E-state index is 11.2. The van der Waals surface area contributed by atoms with Crippen molar-refractivity contribution in [3.63, 3.8) is 0 Å². The molecule has 0 saturated carbocycles. The Morgan fingerprint density at radius 1 is 1.65 bits per heavy atom. The first-order valence-electron chi connectivity index (χ1n) is 5.95. The number of likely N-dealkylation sites (tertiary alicyclic amines) is 1. The van der Waals surface area contributed by atoms with Gasteiger partial charge in [0.2, 0.25) is 0 Å². The third-order valence-electron chi connectivity index (χ3n) is 3.55. The third-order valence-corrected chi connectivity index (χ3v) is 3.55. The van der Waals surface area contributed by atoms with Crippen LogP contribution in [0.15, 0.2) is 6.20 Å². The van der Waals surface area contributed by atoms with E-state index in [0.29, 0.717) is 6.54 Å². The Morgan fingerprint density at radius 3 is 2.88 bits per heavy atom. The number of hydrogen-bond acceptors (Lipinski definition) is 3. The van der Waals surface area contributed by atoms with Gasteiger partial charge in [0.15, 0.2) is 0 Å². The molecule has 0 bridgehead atoms. The molecule has 0 radical (unpaired) electrons. The van der Waals surface area contributed by atoms with Crippen LogP contribution in [0.1, 0.15) is 24.6 Å². The minimum Gasteiger partial charge on any atom is -0.480 e. The highest BCUT2D eigenvalue weighted by molar-refractivity contribution is 5.74. The Labute approximate surface area is 101 Å². The molecule has 2 heterocycles. The van der Waals surface area contributed by atoms with Crippen molar-refractivity contribution < 1.29 is 9.90 Å². The van der Waals surface area contributed by atoms with E-state index in [9.17, 15) is 9.90 Å². The quantitative estimate of drug-likeness (QED) is 0.853. The molecular formula is C12H19N3O2. The van der Waals surface area contributed by atoms with E-state index >= 15 is 0 Å². The maximum Gasteiger partial charge on any atom is 0.321 e. The van der Waals surface area contributed by atoms with Crippen molar-refractivity contribution in [2.45, 2.75) is 32.9 Å². The van der Waals surface area contributed by atoms with Crippen LogP contribution < -0.4 is 0 Å². The minimum absolute atomic E-state index is 0.226. The molecule has 1 N–H and O–H groups in total. The van der Waals surface area contributed by atoms with Crippen molar-refractivity contribution in [2.75, 3.05) is 6.54 Å². The van der Waals surface area contributed by atoms with E-state index in [0.717, 1.165) is 24.2 Å². The van der Waals surface area contributed by atoms with E-state index in [2.05, 4.69) is 5.10 Å². The molecule has 94 valence electrons. The van der Waals surface area contributed by atoms with Crippen LogP contribution in [-0.4, -0.2) is 38.3 Å². The first-order chi connectivity index (χ1) is 7.99. The number of aliphatic carboxylic acids is 1. The lowest BCUT2D eigenvalue weighted by atomic mass is 10.0. The van der Waals surface area contributed by atoms with Gasteiger partial charge in [0.1, 0.15) is 6.04 Å². The summed E-state index contributed by atoms with van der Waals surface area (Å²) in [6, 6.07) is -0.352. The SMILES string of the molecule is Cc1nn(C)cc1CN1CCC(C)C1C(=O)O. The topological polar surface area (TPSA) is 58.4 Å². The van der Waals surface area contributed by atoms with E-state index < -0.39 is 5.97 Å². The molecule has 1 aromatic rings. The second-order valence-corrected chi connectivity index (χ2v) is 4.93. The number of nitrogens with zero attached hydrogens (tertiary/aromatic N) is 3. The standard InChI is InChI=1S/C12H19N3O2/c1-8-4-5-15(11(8)12(16)17)7-10-6-14(3)13-9(10)2/h6,8,11H,4-5,7H2,1-3H3,(H,16,17). The fourth-order valence-electron chi connectivity index (χ4n) is 2.63. The Balaban J connectivity index is 2.13. The zero-order valence-corrected chi connectivity index (χ0v) is 10.6. The van der Waals surface area contributed by atoms with Gasteiger partial charge < -0.3 is 5.11 Å². The molecule has 1 aliphatic heterocycles. The highest BCUT2D eigenvalue weighted by Crippen LogP contribution is 2.26. The number of aromatic nitrogens is 2. The minimum atomic E-state index is -0.712. The van der Waals surface area contributed by atoms with Crippen molar-refractivity contribution in [1.29, 1.82) is 0 Å². The Hall–Kier alpha value is -1.36. The Morgan fingerprint density at radius 2 is 2.35 bits per heavy atom. The van der Waals surface area contributed by atoms with Gasteiger partial charge in [-0.2, -0.15) is 5.10 Å². The zero-order valence-electron chi connectivity index (χ0n) is 10.6. The number of carbonyl (C=O) groups is 1. The van der Waals surface area contributed by atoms with Crippen LogP contribution in [0.3, 0.4) is 0 Å². The van der Waals surface area contributed by atoms with Crippen molar-refractivity contribution in [1.82, 2.24) is 14.7 Å². The first kappa shape index (κ1) is 12.1. The van der Waals surface area contributed by atoms with Gasteiger partial charge in [-0.3, -0.25) is 14.4 Å². The summed E-state index contributed by atoms with van der Waals surface area (Å²) in [5.74, 6) is -0.485. The predicted molar refractivity (Wildman–Crippen MR) is 63.6 cm³/mol. The summed E-state index contributed by atoms with van der Waals surface area (Å²) in [6.45, 7) is 5.51. The summed E-state index contributed by atoms with van der Waals surface area (Å²) in [5.41, 5.74) is 2.10. The number of carboxylic acids is 1. The van der Waals surface area contributed by atoms with Crippen molar-refractivity contribution in [3.05, 3.63) is 17.5 Å². The van der Waals surface area contributed by atoms with Crippen LogP contribution >= 0.6 is 0 Å². The summed E-state index contributed by atoms with van der Waals surface area (Å²) >= 11 is 0. The lowest BCUT2D eigenvalue weighted by molar-refractivity contribution is -0.143. The smallest absolute Gasteiger partial charge is 0.321 e. The van der Waals surface area contributed by atoms with E-state index in [1.807, 2.05) is 32.0 Å². The monoisotopic (exact) mass is 237 g/mol.